The van der Waals surface area contributed by atoms with E-state index >= 15 is 0 Å². The van der Waals surface area contributed by atoms with Gasteiger partial charge in [0.05, 0.1) is 10.2 Å². The first-order valence-electron chi connectivity index (χ1n) is 7.67. The zero-order chi connectivity index (χ0) is 15.1. The minimum atomic E-state index is 0. The third-order valence-corrected chi connectivity index (χ3v) is 4.77. The van der Waals surface area contributed by atoms with Crippen LogP contribution >= 0.6 is 24.8 Å². The van der Waals surface area contributed by atoms with Gasteiger partial charge in [-0.25, -0.2) is 4.98 Å². The van der Waals surface area contributed by atoms with E-state index < -0.39 is 0 Å². The fourth-order valence-corrected chi connectivity index (χ4v) is 3.59. The predicted octanol–water partition coefficient (Wildman–Crippen LogP) is 2.02. The topological polar surface area (TPSA) is 126 Å². The Hall–Kier alpha value is -0.900. The average Bonchev–Trinajstić information content (AvgIpc) is 2.91. The van der Waals surface area contributed by atoms with Crippen LogP contribution in [0.25, 0.3) is 10.2 Å². The maximum Gasteiger partial charge on any atom is 0.184 e. The van der Waals surface area contributed by atoms with Crippen LogP contribution in [0, 0.1) is 5.92 Å². The van der Waals surface area contributed by atoms with E-state index in [-0.39, 0.29) is 27.3 Å². The van der Waals surface area contributed by atoms with Gasteiger partial charge in [-0.1, -0.05) is 23.5 Å². The number of aromatic nitrogens is 1. The zero-order valence-corrected chi connectivity index (χ0v) is 16.2. The lowest BCUT2D eigenvalue weighted by molar-refractivity contribution is 0.345. The third kappa shape index (κ3) is 7.33. The van der Waals surface area contributed by atoms with Crippen molar-refractivity contribution in [3.8, 4) is 0 Å². The normalized spacial score (nSPS) is 19.0. The Bertz CT molecular complexity index is 523. The van der Waals surface area contributed by atoms with Crippen molar-refractivity contribution >= 4 is 40.2 Å². The molecule has 0 bridgehead atoms. The summed E-state index contributed by atoms with van der Waals surface area (Å²) in [4.78, 5) is 4.63. The molecule has 144 valence electrons. The molecule has 1 aliphatic carbocycles. The second kappa shape index (κ2) is 13.4. The Balaban J connectivity index is -0.000000285. The average molecular weight is 381 g/mol. The first-order valence-corrected chi connectivity index (χ1v) is 8.49. The van der Waals surface area contributed by atoms with Crippen molar-refractivity contribution in [1.82, 2.24) is 10.3 Å². The van der Waals surface area contributed by atoms with Crippen LogP contribution in [0.15, 0.2) is 24.3 Å². The molecule has 0 unspecified atom stereocenters. The van der Waals surface area contributed by atoms with Crippen LogP contribution < -0.4 is 16.4 Å². The van der Waals surface area contributed by atoms with Gasteiger partial charge in [-0.2, -0.15) is 13.5 Å². The van der Waals surface area contributed by atoms with Gasteiger partial charge in [0.25, 0.3) is 0 Å². The largest absolute Gasteiger partial charge is 0.412 e. The number of anilines is 1. The monoisotopic (exact) mass is 380 g/mol. The summed E-state index contributed by atoms with van der Waals surface area (Å²) in [6.45, 7) is 0.841. The summed E-state index contributed by atoms with van der Waals surface area (Å²) in [5, 5.41) is 7.39. The summed E-state index contributed by atoms with van der Waals surface area (Å²) in [6.07, 6.45) is 4.94. The lowest BCUT2D eigenvalue weighted by atomic mass is 9.86. The van der Waals surface area contributed by atoms with E-state index in [4.69, 9.17) is 5.73 Å². The molecule has 1 fully saturated rings. The Morgan fingerprint density at radius 1 is 1.17 bits per heavy atom. The van der Waals surface area contributed by atoms with E-state index in [0.29, 0.717) is 6.04 Å². The Kier molecular flexibility index (Phi) is 14.1. The molecule has 0 aliphatic heterocycles. The second-order valence-corrected chi connectivity index (χ2v) is 6.62. The van der Waals surface area contributed by atoms with E-state index in [1.54, 1.807) is 11.3 Å². The number of thiazole rings is 1. The lowest BCUT2D eigenvalue weighted by Crippen LogP contribution is -2.28. The first-order chi connectivity index (χ1) is 10.3. The van der Waals surface area contributed by atoms with Gasteiger partial charge < -0.3 is 27.3 Å². The molecular weight excluding hydrogens is 344 g/mol. The van der Waals surface area contributed by atoms with Crippen molar-refractivity contribution < 1.29 is 13.8 Å². The fourth-order valence-electron chi connectivity index (χ4n) is 2.65. The number of benzene rings is 1. The van der Waals surface area contributed by atoms with Crippen LogP contribution in [-0.2, 0) is 0 Å². The molecule has 0 amide bonds. The van der Waals surface area contributed by atoms with Crippen LogP contribution in [0.5, 0.6) is 0 Å². The summed E-state index contributed by atoms with van der Waals surface area (Å²) in [5.74, 6) is 0.735. The van der Waals surface area contributed by atoms with Crippen molar-refractivity contribution in [2.45, 2.75) is 31.7 Å². The van der Waals surface area contributed by atoms with Gasteiger partial charge in [-0.15, -0.1) is 0 Å². The number of nitrogens with zero attached hydrogens (tertiary/aromatic N) is 1. The van der Waals surface area contributed by atoms with Gasteiger partial charge in [-0.3, -0.25) is 0 Å². The highest BCUT2D eigenvalue weighted by Crippen LogP contribution is 2.30. The molecule has 6 nitrogen and oxygen atoms in total. The number of nitrogens with two attached hydrogens (primary N) is 1. The van der Waals surface area contributed by atoms with Gasteiger partial charge in [-0.05, 0) is 64.4 Å². The SMILES string of the molecule is CNC.NCC1CCC(Nc2nc3ccccc3s2)CC1.O.O.S.[HH].[HH]. The smallest absolute Gasteiger partial charge is 0.184 e. The van der Waals surface area contributed by atoms with Gasteiger partial charge in [0.15, 0.2) is 5.13 Å². The van der Waals surface area contributed by atoms with Crippen LogP contribution in [0.2, 0.25) is 0 Å². The molecule has 3 rings (SSSR count). The molecule has 1 aromatic heterocycles. The molecule has 24 heavy (non-hydrogen) atoms. The number of rotatable bonds is 3. The maximum atomic E-state index is 5.72. The fraction of sp³-hybridized carbons (Fsp3) is 0.562. The minimum Gasteiger partial charge on any atom is -0.412 e. The zero-order valence-electron chi connectivity index (χ0n) is 14.4. The number of hydrogen-bond acceptors (Lipinski definition) is 5. The standard InChI is InChI=1S/C14H19N3S.C2H7N.2H2O.H2S.2H2/c15-9-10-5-7-11(8-6-10)16-14-17-12-3-1-2-4-13(12)18-14;1-3-2;;;;;/h1-4,10-11H,5-9,15H2,(H,16,17);3H,1-2H3;3*1H2;2*1H. The summed E-state index contributed by atoms with van der Waals surface area (Å²) in [5.41, 5.74) is 6.82. The predicted molar refractivity (Wildman–Crippen MR) is 115 cm³/mol. The number of nitrogens with one attached hydrogen (secondary N) is 2. The molecule has 0 radical (unpaired) electrons. The second-order valence-electron chi connectivity index (χ2n) is 5.58. The third-order valence-electron chi connectivity index (χ3n) is 3.80. The molecule has 1 aromatic carbocycles. The van der Waals surface area contributed by atoms with E-state index in [0.717, 1.165) is 23.1 Å². The Morgan fingerprint density at radius 3 is 2.29 bits per heavy atom. The highest BCUT2D eigenvalue weighted by atomic mass is 32.1. The van der Waals surface area contributed by atoms with E-state index in [2.05, 4.69) is 33.8 Å². The molecule has 8 heteroatoms. The molecular formula is C16H36N4O2S2. The molecule has 0 saturated heterocycles. The lowest BCUT2D eigenvalue weighted by Gasteiger charge is -2.28. The van der Waals surface area contributed by atoms with Crippen molar-refractivity contribution in [3.05, 3.63) is 24.3 Å². The molecule has 1 aliphatic rings. The molecule has 8 N–H and O–H groups in total. The minimum absolute atomic E-state index is 0. The summed E-state index contributed by atoms with van der Waals surface area (Å²) < 4.78 is 1.26. The Labute approximate surface area is 158 Å². The van der Waals surface area contributed by atoms with E-state index in [1.807, 2.05) is 20.2 Å². The molecule has 1 heterocycles. The van der Waals surface area contributed by atoms with Gasteiger partial charge in [0.1, 0.15) is 0 Å². The van der Waals surface area contributed by atoms with Crippen molar-refractivity contribution in [2.24, 2.45) is 11.7 Å². The molecule has 2 aromatic rings. The maximum absolute atomic E-state index is 5.72. The van der Waals surface area contributed by atoms with Crippen LogP contribution in [0.4, 0.5) is 5.13 Å². The molecule has 0 atom stereocenters. The van der Waals surface area contributed by atoms with Gasteiger partial charge in [0.2, 0.25) is 0 Å². The van der Waals surface area contributed by atoms with Crippen LogP contribution in [0.1, 0.15) is 28.5 Å². The highest BCUT2D eigenvalue weighted by Gasteiger charge is 2.20. The summed E-state index contributed by atoms with van der Waals surface area (Å²) in [7, 11) is 3.75. The molecule has 0 spiro atoms. The van der Waals surface area contributed by atoms with E-state index in [1.165, 1.54) is 30.4 Å². The van der Waals surface area contributed by atoms with Crippen molar-refractivity contribution in [3.63, 3.8) is 0 Å². The van der Waals surface area contributed by atoms with Crippen LogP contribution in [0.3, 0.4) is 0 Å². The Morgan fingerprint density at radius 2 is 1.75 bits per heavy atom. The number of fused-ring (bicyclic) bond motifs is 1. The van der Waals surface area contributed by atoms with Gasteiger partial charge >= 0.3 is 0 Å². The molecule has 1 saturated carbocycles. The first kappa shape index (κ1) is 25.3. The summed E-state index contributed by atoms with van der Waals surface area (Å²) in [6, 6.07) is 8.88. The quantitative estimate of drug-likeness (QED) is 0.753. The van der Waals surface area contributed by atoms with Crippen LogP contribution in [-0.4, -0.2) is 42.6 Å². The van der Waals surface area contributed by atoms with Crippen molar-refractivity contribution in [1.29, 1.82) is 0 Å². The van der Waals surface area contributed by atoms with Crippen molar-refractivity contribution in [2.75, 3.05) is 26.0 Å². The van der Waals surface area contributed by atoms with E-state index in [9.17, 15) is 0 Å². The van der Waals surface area contributed by atoms with Gasteiger partial charge in [0, 0.05) is 8.90 Å². The summed E-state index contributed by atoms with van der Waals surface area (Å²) >= 11 is 1.75. The number of hydrogen-bond donors (Lipinski definition) is 3. The number of para-hydroxylation sites is 1. The highest BCUT2D eigenvalue weighted by molar-refractivity contribution is 7.59.